The van der Waals surface area contributed by atoms with Crippen LogP contribution >= 0.6 is 11.6 Å². The fraction of sp³-hybridized carbons (Fsp3) is 0.292. The summed E-state index contributed by atoms with van der Waals surface area (Å²) in [5.41, 5.74) is 2.25. The van der Waals surface area contributed by atoms with Gasteiger partial charge in [0.15, 0.2) is 5.82 Å². The molecule has 0 amide bonds. The van der Waals surface area contributed by atoms with Gasteiger partial charge in [-0.25, -0.2) is 14.2 Å². The average Bonchev–Trinajstić information content (AvgIpc) is 3.31. The van der Waals surface area contributed by atoms with Gasteiger partial charge in [-0.2, -0.15) is 0 Å². The molecule has 36 heavy (non-hydrogen) atoms. The number of anilines is 1. The minimum Gasteiger partial charge on any atom is -0.494 e. The van der Waals surface area contributed by atoms with Crippen LogP contribution < -0.4 is 14.2 Å². The van der Waals surface area contributed by atoms with Crippen molar-refractivity contribution in [1.82, 2.24) is 29.7 Å². The number of nitrogens with one attached hydrogen (secondary N) is 1. The van der Waals surface area contributed by atoms with Crippen LogP contribution in [0.1, 0.15) is 25.2 Å². The summed E-state index contributed by atoms with van der Waals surface area (Å²) >= 11 is 5.83. The van der Waals surface area contributed by atoms with Crippen LogP contribution in [0, 0.1) is 6.92 Å². The molecule has 0 bridgehead atoms. The van der Waals surface area contributed by atoms with Gasteiger partial charge in [-0.3, -0.25) is 14.3 Å². The normalized spacial score (nSPS) is 11.3. The summed E-state index contributed by atoms with van der Waals surface area (Å²) in [6, 6.07) is 7.36. The van der Waals surface area contributed by atoms with E-state index in [-0.39, 0.29) is 11.7 Å². The van der Waals surface area contributed by atoms with Crippen LogP contribution in [0.2, 0.25) is 5.02 Å². The molecular formula is C24H28ClN7O3S. The highest BCUT2D eigenvalue weighted by atomic mass is 35.5. The number of hydrogen-bond donors (Lipinski definition) is 1. The minimum atomic E-state index is -1.51. The third-order valence-electron chi connectivity index (χ3n) is 4.81. The highest BCUT2D eigenvalue weighted by Gasteiger charge is 2.23. The van der Waals surface area contributed by atoms with E-state index < -0.39 is 11.0 Å². The molecule has 0 aliphatic heterocycles. The van der Waals surface area contributed by atoms with Crippen LogP contribution in [0.5, 0.6) is 11.5 Å². The number of halogens is 1. The molecule has 1 unspecified atom stereocenters. The monoisotopic (exact) mass is 529 g/mol. The van der Waals surface area contributed by atoms with Crippen molar-refractivity contribution in [3.63, 3.8) is 0 Å². The predicted molar refractivity (Wildman–Crippen MR) is 141 cm³/mol. The van der Waals surface area contributed by atoms with Gasteiger partial charge >= 0.3 is 0 Å². The number of nitrogens with zero attached hydrogens (tertiary/aromatic N) is 6. The number of para-hydroxylation sites is 1. The number of rotatable bonds is 9. The second kappa shape index (κ2) is 12.9. The van der Waals surface area contributed by atoms with Crippen LogP contribution in [0.15, 0.2) is 49.1 Å². The number of pyridine rings is 1. The Morgan fingerprint density at radius 1 is 1.03 bits per heavy atom. The lowest BCUT2D eigenvalue weighted by atomic mass is 10.2. The Labute approximate surface area is 217 Å². The van der Waals surface area contributed by atoms with Gasteiger partial charge < -0.3 is 9.47 Å². The van der Waals surface area contributed by atoms with E-state index in [0.717, 1.165) is 11.1 Å². The molecule has 0 aliphatic carbocycles. The van der Waals surface area contributed by atoms with Crippen LogP contribution in [-0.2, 0) is 17.4 Å². The standard InChI is InChI=1S/C22H22ClN7O3S.C2H6/c1-14-9-15(11-24-10-14)21-27-28-22(29-34(31)8-7-19-25-12-16(23)13-26-19)30(21)20-17(32-2)5-4-6-18(20)33-3;1-2/h4-6,9-13H,7-8H2,1-3H3,(H,28,29);1-2H3. The van der Waals surface area contributed by atoms with E-state index in [2.05, 4.69) is 29.9 Å². The molecule has 0 radical (unpaired) electrons. The molecule has 0 saturated carbocycles. The summed E-state index contributed by atoms with van der Waals surface area (Å²) < 4.78 is 28.8. The second-order valence-corrected chi connectivity index (χ2v) is 8.90. The van der Waals surface area contributed by atoms with Crippen molar-refractivity contribution >= 4 is 28.5 Å². The summed E-state index contributed by atoms with van der Waals surface area (Å²) in [6.07, 6.45) is 6.84. The van der Waals surface area contributed by atoms with Crippen molar-refractivity contribution in [2.75, 3.05) is 24.7 Å². The first-order valence-electron chi connectivity index (χ1n) is 11.2. The summed E-state index contributed by atoms with van der Waals surface area (Å²) in [6.45, 7) is 5.94. The van der Waals surface area contributed by atoms with Crippen LogP contribution in [-0.4, -0.2) is 53.9 Å². The van der Waals surface area contributed by atoms with Crippen LogP contribution in [0.3, 0.4) is 0 Å². The maximum atomic E-state index is 12.9. The first-order valence-corrected chi connectivity index (χ1v) is 12.9. The molecule has 1 atom stereocenters. The van der Waals surface area contributed by atoms with E-state index in [1.807, 2.05) is 32.9 Å². The molecule has 3 heterocycles. The number of aromatic nitrogens is 6. The number of benzene rings is 1. The lowest BCUT2D eigenvalue weighted by Crippen LogP contribution is -2.15. The number of methoxy groups -OCH3 is 2. The van der Waals surface area contributed by atoms with Gasteiger partial charge in [0.05, 0.1) is 25.0 Å². The molecular weight excluding hydrogens is 502 g/mol. The SMILES string of the molecule is CC.COc1cccc(OC)c1-n1c(NS(=O)CCc2ncc(Cl)cn2)nnc1-c1cncc(C)c1. The number of aryl methyl sites for hydroxylation is 2. The second-order valence-electron chi connectivity index (χ2n) is 7.16. The Morgan fingerprint density at radius 3 is 2.31 bits per heavy atom. The minimum absolute atomic E-state index is 0.249. The Bertz CT molecular complexity index is 1290. The highest BCUT2D eigenvalue weighted by Crippen LogP contribution is 2.37. The topological polar surface area (TPSA) is 117 Å². The van der Waals surface area contributed by atoms with Crippen LogP contribution in [0.4, 0.5) is 5.95 Å². The number of ether oxygens (including phenoxy) is 2. The van der Waals surface area contributed by atoms with Crippen molar-refractivity contribution < 1.29 is 13.7 Å². The fourth-order valence-electron chi connectivity index (χ4n) is 3.28. The average molecular weight is 530 g/mol. The molecule has 1 N–H and O–H groups in total. The molecule has 10 nitrogen and oxygen atoms in total. The molecule has 3 aromatic heterocycles. The fourth-order valence-corrected chi connectivity index (χ4v) is 4.19. The third-order valence-corrected chi connectivity index (χ3v) is 5.99. The van der Waals surface area contributed by atoms with Gasteiger partial charge in [-0.15, -0.1) is 10.2 Å². The maximum Gasteiger partial charge on any atom is 0.241 e. The Balaban J connectivity index is 0.00000176. The van der Waals surface area contributed by atoms with Crippen LogP contribution in [0.25, 0.3) is 17.1 Å². The highest BCUT2D eigenvalue weighted by molar-refractivity contribution is 7.86. The van der Waals surface area contributed by atoms with Gasteiger partial charge in [-0.1, -0.05) is 31.5 Å². The Hall–Kier alpha value is -3.57. The zero-order valence-electron chi connectivity index (χ0n) is 20.7. The Kier molecular flexibility index (Phi) is 9.71. The first kappa shape index (κ1) is 27.0. The van der Waals surface area contributed by atoms with Gasteiger partial charge in [0.25, 0.3) is 0 Å². The molecule has 1 aromatic carbocycles. The summed E-state index contributed by atoms with van der Waals surface area (Å²) in [7, 11) is 1.62. The first-order chi connectivity index (χ1) is 17.5. The van der Waals surface area contributed by atoms with Crippen molar-refractivity contribution in [1.29, 1.82) is 0 Å². The summed E-state index contributed by atoms with van der Waals surface area (Å²) in [4.78, 5) is 12.6. The third kappa shape index (κ3) is 6.35. The molecule has 0 saturated heterocycles. The van der Waals surface area contributed by atoms with Gasteiger partial charge in [0.1, 0.15) is 34.0 Å². The molecule has 12 heteroatoms. The van der Waals surface area contributed by atoms with E-state index in [4.69, 9.17) is 21.1 Å². The largest absolute Gasteiger partial charge is 0.494 e. The molecule has 0 spiro atoms. The Morgan fingerprint density at radius 2 is 1.69 bits per heavy atom. The van der Waals surface area contributed by atoms with Gasteiger partial charge in [0, 0.05) is 36.8 Å². The zero-order valence-corrected chi connectivity index (χ0v) is 22.3. The summed E-state index contributed by atoms with van der Waals surface area (Å²) in [5.74, 6) is 2.60. The molecule has 4 rings (SSSR count). The van der Waals surface area contributed by atoms with Crippen molar-refractivity contribution in [3.8, 4) is 28.6 Å². The smallest absolute Gasteiger partial charge is 0.241 e. The van der Waals surface area contributed by atoms with Crippen molar-refractivity contribution in [3.05, 3.63) is 65.5 Å². The van der Waals surface area contributed by atoms with E-state index in [1.54, 1.807) is 43.3 Å². The molecule has 190 valence electrons. The zero-order chi connectivity index (χ0) is 26.1. The molecule has 0 aliphatic rings. The van der Waals surface area contributed by atoms with Crippen molar-refractivity contribution in [2.24, 2.45) is 0 Å². The molecule has 0 fully saturated rings. The lowest BCUT2D eigenvalue weighted by molar-refractivity contribution is 0.391. The lowest BCUT2D eigenvalue weighted by Gasteiger charge is -2.17. The van der Waals surface area contributed by atoms with E-state index in [0.29, 0.717) is 40.3 Å². The van der Waals surface area contributed by atoms with E-state index >= 15 is 0 Å². The van der Waals surface area contributed by atoms with E-state index in [1.165, 1.54) is 12.4 Å². The quantitative estimate of drug-likeness (QED) is 0.338. The van der Waals surface area contributed by atoms with E-state index in [9.17, 15) is 4.21 Å². The van der Waals surface area contributed by atoms with Crippen molar-refractivity contribution in [2.45, 2.75) is 27.2 Å². The maximum absolute atomic E-state index is 12.9. The number of hydrogen-bond acceptors (Lipinski definition) is 8. The van der Waals surface area contributed by atoms with Gasteiger partial charge in [0.2, 0.25) is 5.95 Å². The molecule has 4 aromatic rings. The predicted octanol–water partition coefficient (Wildman–Crippen LogP) is 4.44. The van der Waals surface area contributed by atoms with Gasteiger partial charge in [-0.05, 0) is 30.7 Å². The summed E-state index contributed by atoms with van der Waals surface area (Å²) in [5, 5.41) is 9.08.